The number of rotatable bonds is 19. The fourth-order valence-corrected chi connectivity index (χ4v) is 26.1. The van der Waals surface area contributed by atoms with Crippen LogP contribution >= 0.6 is 214 Å². The van der Waals surface area contributed by atoms with E-state index in [9.17, 15) is 0 Å². The second-order valence-corrected chi connectivity index (χ2v) is 82.1. The first-order valence-corrected chi connectivity index (χ1v) is 78.4. The van der Waals surface area contributed by atoms with E-state index in [0.29, 0.717) is 40.0 Å². The van der Waals surface area contributed by atoms with Crippen LogP contribution in [-0.4, -0.2) is 135 Å². The van der Waals surface area contributed by atoms with Crippen molar-refractivity contribution in [3.8, 4) is 0 Å². The molecule has 5 fully saturated rings. The van der Waals surface area contributed by atoms with Gasteiger partial charge >= 0.3 is 214 Å². The number of para-hydroxylation sites is 1. The molecule has 5 saturated heterocycles. The van der Waals surface area contributed by atoms with Gasteiger partial charge in [-0.3, -0.25) is 9.98 Å². The Kier molecular flexibility index (Phi) is 92.6. The van der Waals surface area contributed by atoms with E-state index in [1.165, 1.54) is 77.3 Å². The molecule has 0 amide bonds. The number of aliphatic imine (C=N–C) groups is 3. The minimum absolute atomic E-state index is 0.442. The van der Waals surface area contributed by atoms with Crippen molar-refractivity contribution in [2.75, 3.05) is 62.1 Å². The summed E-state index contributed by atoms with van der Waals surface area (Å²) in [4.78, 5) is 22.7. The molecule has 0 unspecified atom stereocenters. The normalized spacial score (nSPS) is 15.0. The van der Waals surface area contributed by atoms with Crippen LogP contribution in [0.4, 0.5) is 16.8 Å². The molecule has 5 aromatic rings. The van der Waals surface area contributed by atoms with Gasteiger partial charge in [0.25, 0.3) is 0 Å². The number of amidine groups is 3. The number of fused-ring (bicyclic) bond motifs is 1. The van der Waals surface area contributed by atoms with Crippen LogP contribution in [0.2, 0.25) is 0 Å². The van der Waals surface area contributed by atoms with Crippen LogP contribution in [0.15, 0.2) is 98.6 Å². The first-order chi connectivity index (χ1) is 59.4. The number of halogens is 15. The summed E-state index contributed by atoms with van der Waals surface area (Å²) >= 11 is -4.49. The van der Waals surface area contributed by atoms with Crippen LogP contribution in [0.1, 0.15) is 238 Å². The predicted molar refractivity (Wildman–Crippen MR) is 571 cm³/mol. The van der Waals surface area contributed by atoms with Gasteiger partial charge in [-0.15, -0.1) is 0 Å². The van der Waals surface area contributed by atoms with Gasteiger partial charge in [0.2, 0.25) is 5.13 Å². The molecular weight excluding hydrogens is 2240 g/mol. The van der Waals surface area contributed by atoms with Gasteiger partial charge in [-0.2, -0.15) is 37.1 Å². The molecule has 7 aliphatic rings. The molecule has 0 atom stereocenters. The van der Waals surface area contributed by atoms with Crippen LogP contribution in [0, 0.1) is 53.8 Å². The van der Waals surface area contributed by atoms with Crippen molar-refractivity contribution in [1.29, 1.82) is 0 Å². The quantitative estimate of drug-likeness (QED) is 0.0228. The summed E-state index contributed by atoms with van der Waals surface area (Å²) in [6, 6.07) is 23.9. The van der Waals surface area contributed by atoms with E-state index in [0.717, 1.165) is 134 Å². The molecule has 12 rings (SSSR count). The zero-order valence-corrected chi connectivity index (χ0v) is 102. The third-order valence-corrected chi connectivity index (χ3v) is 34.4. The van der Waals surface area contributed by atoms with Crippen LogP contribution in [0.5, 0.6) is 0 Å². The monoisotopic (exact) mass is 2380 g/mol. The molecule has 0 saturated carbocycles. The number of thioether (sulfide) groups is 1. The van der Waals surface area contributed by atoms with E-state index in [1.807, 2.05) is 50.9 Å². The average molecular weight is 2390 g/mol. The fourth-order valence-electron chi connectivity index (χ4n) is 12.0. The Morgan fingerprint density at radius 1 is 0.429 bits per heavy atom. The minimum atomic E-state index is -1.62. The van der Waals surface area contributed by atoms with Gasteiger partial charge in [0, 0.05) is 57.3 Å². The molecule has 2 aromatic heterocycles. The van der Waals surface area contributed by atoms with Gasteiger partial charge in [0.1, 0.15) is 12.1 Å². The van der Waals surface area contributed by atoms with Crippen molar-refractivity contribution in [2.24, 2.45) is 15.0 Å². The second-order valence-electron chi connectivity index (χ2n) is 31.1. The summed E-state index contributed by atoms with van der Waals surface area (Å²) in [6.07, 6.45) is 17.6. The fraction of sp³-hybridized carbons (Fsp3) is 0.639. The number of thiazole rings is 1. The van der Waals surface area contributed by atoms with Crippen molar-refractivity contribution in [3.05, 3.63) is 134 Å². The molecule has 16 nitrogen and oxygen atoms in total. The molecule has 9 heterocycles. The van der Waals surface area contributed by atoms with E-state index in [1.54, 1.807) is 23.8 Å². The average Bonchev–Trinajstić information content (AvgIpc) is 1.15. The van der Waals surface area contributed by atoms with Crippen molar-refractivity contribution in [2.45, 2.75) is 293 Å². The molecule has 0 bridgehead atoms. The zero-order chi connectivity index (χ0) is 96.1. The number of oxazole rings is 1. The van der Waals surface area contributed by atoms with Crippen molar-refractivity contribution < 1.29 is 85.0 Å². The van der Waals surface area contributed by atoms with Gasteiger partial charge in [-0.25, -0.2) is 68.4 Å². The molecule has 7 aliphatic heterocycles. The van der Waals surface area contributed by atoms with Crippen LogP contribution in [0.3, 0.4) is 0 Å². The Balaban J connectivity index is -0.00000135. The Bertz CT molecular complexity index is 3160. The van der Waals surface area contributed by atoms with Gasteiger partial charge in [-0.05, 0) is 189 Å². The number of nitrogens with one attached hydrogen (secondary N) is 5. The van der Waals surface area contributed by atoms with Crippen molar-refractivity contribution in [3.63, 3.8) is 0 Å². The Morgan fingerprint density at radius 2 is 0.786 bits per heavy atom. The molecule has 0 spiro atoms. The van der Waals surface area contributed by atoms with E-state index in [2.05, 4.69) is 265 Å². The predicted octanol–water partition coefficient (Wildman–Crippen LogP) is 34.4. The molecule has 5 N–H and O–H groups in total. The number of hydrogen-bond acceptors (Lipinski definition) is 17. The Labute approximate surface area is 862 Å². The number of aromatic nitrogens is 2. The number of hydrogen-bond donors (Lipinski definition) is 5. The molecule has 43 heteroatoms. The van der Waals surface area contributed by atoms with E-state index in [-0.39, 0.29) is 0 Å². The first-order valence-electron chi connectivity index (χ1n) is 42.0. The van der Waals surface area contributed by atoms with Crippen LogP contribution in [-0.2, 0) is 80.6 Å². The summed E-state index contributed by atoms with van der Waals surface area (Å²) in [7, 11) is 71.1. The summed E-state index contributed by atoms with van der Waals surface area (Å²) < 4.78 is 30.5. The maximum atomic E-state index is 5.17. The van der Waals surface area contributed by atoms with Gasteiger partial charge in [-0.1, -0.05) is 115 Å². The van der Waals surface area contributed by atoms with Crippen molar-refractivity contribution in [1.82, 2.24) is 25.2 Å². The topological polar surface area (TPSA) is 182 Å². The number of aryl methyl sites for hydroxylation is 3. The number of ether oxygens (including phenoxy) is 5. The Morgan fingerprint density at radius 3 is 1.09 bits per heavy atom. The van der Waals surface area contributed by atoms with Crippen LogP contribution < -0.4 is 25.4 Å². The molecule has 0 radical (unpaired) electrons. The number of benzene rings is 3. The summed E-state index contributed by atoms with van der Waals surface area (Å²) in [5, 5.41) is 20.5. The standard InChI is InChI=1S/C22H31N2P.C13H19N2PS.C10H21N2P.C9H17N2OP.C9H19N2PS.5C4H7O.15ClH.5Cr/c1-15(2)25(16(3)4)24-22(20-11-9-8-10-12-20)23-21-18(6)13-17(5)14-19(21)7;1-9(2)16(10(3)4)15-13-14-11-7-5-6-8-12(11)17-13;1-8(2)13(9(3)4)12-10-6-5-7-11-10;1-7(2)13(8(3)4)11-9-10-5-6-12-9;1-7(2)12(8(3)4)11-9-10-5-6-13-9;5*1-2-4-5-3-1;;;;;;;;;;;;;;;;;;;;/h8-16H,1-7H3,(H,23,24);5-10H,1-4H3,(H,14,15);8-9H,5-7H2,1-4H3,(H,11,12);5-8H,1-4H3,(H,10,11);7-8H,5-6H2,1-4H3,(H,10,11);5*3H,1-2,4H2;15*1H;;;;;/q;;;;;5*-1;;;;;;;;;;;;;;;;5*+4/p-10. The van der Waals surface area contributed by atoms with Crippen molar-refractivity contribution >= 4 is 258 Å². The van der Waals surface area contributed by atoms with E-state index >= 15 is 0 Å². The molecular formula is C83H147Cl15Cr5N10O6P5S2+5. The molecule has 3 aromatic carbocycles. The zero-order valence-electron chi connectivity index (χ0n) is 77.5. The van der Waals surface area contributed by atoms with Gasteiger partial charge in [0.05, 0.1) is 126 Å². The molecule has 126 heavy (non-hydrogen) atoms. The SMILES string of the molecule is CC(C)[PH+](NC1=NCCC1)C(C)C.CC(C)[PH+](NC1=NCCS1)C(C)C.CC(C)[PH+](Nc1nc2ccccc2s1)C(C)C.CC(C)[PH+](Nc1ncco1)C(C)C.Cc1cc(C)c(N=C(N[PH+](C(C)C)C(C)C)c2ccccc2)c(C)c1.[CH-]1CCCO1.[CH-]1CCCO1.[CH-]1CCCO1.[CH-]1CCCO1.[CH-]1CCCO1.[Cl][Cr+]([Cl])[Cl].[Cl][Cr+]([Cl])[Cl].[Cl][Cr+]([Cl])[Cl].[Cl][Cr+]([Cl])[Cl].[Cl][Cr+]([Cl])[Cl]. The summed E-state index contributed by atoms with van der Waals surface area (Å²) in [5.74, 6) is 3.44. The number of nitrogens with zero attached hydrogens (tertiary/aromatic N) is 5. The second kappa shape index (κ2) is 86.9. The first kappa shape index (κ1) is 134. The van der Waals surface area contributed by atoms with E-state index < -0.39 is 97.3 Å². The summed E-state index contributed by atoms with van der Waals surface area (Å²) in [5.41, 5.74) is 14.3. The van der Waals surface area contributed by atoms with Gasteiger partial charge < -0.3 is 28.1 Å². The maximum absolute atomic E-state index is 5.17. The van der Waals surface area contributed by atoms with Crippen LogP contribution in [0.25, 0.3) is 10.2 Å². The Hall–Kier alpha value is 4.08. The van der Waals surface area contributed by atoms with Gasteiger partial charge in [0.15, 0.2) is 11.0 Å². The molecule has 0 aliphatic carbocycles. The molecule has 732 valence electrons. The summed E-state index contributed by atoms with van der Waals surface area (Å²) in [6.45, 7) is 68.4. The number of anilines is 2. The third-order valence-electron chi connectivity index (χ3n) is 17.1. The third kappa shape index (κ3) is 79.7. The van der Waals surface area contributed by atoms with E-state index in [4.69, 9.17) is 184 Å².